The second kappa shape index (κ2) is 41.9. The summed E-state index contributed by atoms with van der Waals surface area (Å²) in [5.74, 6) is 4.17. The fourth-order valence-corrected chi connectivity index (χ4v) is 17.1. The van der Waals surface area contributed by atoms with Crippen molar-refractivity contribution in [2.75, 3.05) is 140 Å². The van der Waals surface area contributed by atoms with Crippen LogP contribution in [-0.4, -0.2) is 229 Å². The summed E-state index contributed by atoms with van der Waals surface area (Å²) in [6.07, 6.45) is 13.8. The van der Waals surface area contributed by atoms with E-state index in [1.807, 2.05) is 118 Å². The minimum atomic E-state index is -1.16. The van der Waals surface area contributed by atoms with Gasteiger partial charge >= 0.3 is 6.09 Å². The first kappa shape index (κ1) is 97.3. The van der Waals surface area contributed by atoms with Gasteiger partial charge in [-0.05, 0) is 239 Å². The number of rotatable bonds is 21. The SMILES string of the molecule is CC(C)(O)c1cccc(-n2c3nc(Nc4ccc(N5CCOCC5)cc4)ncc3c(=O)n2Cc2cccnc2)n1.COC(=O)N1CCN(c2ccc(Nc3ncc4c(C)nn(-c5cccc(C(C)(C)O)n5)c4n3)cc2)CC1.Cc1nn(-c2cccc(C(C)(C)C)n2)c2nc(Nc3ccc(N4CCOCC4)cc3)ncc12.Cc1nn(-c2cccc(C(C)(C)O)n2)c2nc(Nc3ccc(N4CCCCC4)cc3)ncc12. The Hall–Kier alpha value is -15.9. The highest BCUT2D eigenvalue weighted by atomic mass is 16.5. The van der Waals surface area contributed by atoms with Crippen LogP contribution in [0.5, 0.6) is 0 Å². The zero-order valence-corrected chi connectivity index (χ0v) is 82.5. The molecule has 0 saturated carbocycles. The summed E-state index contributed by atoms with van der Waals surface area (Å²) in [7, 11) is 1.41. The third kappa shape index (κ3) is 22.8. The number of aryl methyl sites for hydroxylation is 3. The highest BCUT2D eigenvalue weighted by Crippen LogP contribution is 2.34. The van der Waals surface area contributed by atoms with Gasteiger partial charge in [0.25, 0.3) is 5.56 Å². The number of piperazine rings is 1. The van der Waals surface area contributed by atoms with Crippen molar-refractivity contribution in [3.63, 3.8) is 0 Å². The van der Waals surface area contributed by atoms with Gasteiger partial charge < -0.3 is 75.3 Å². The van der Waals surface area contributed by atoms with E-state index >= 15 is 0 Å². The maximum atomic E-state index is 13.6. The molecule has 0 spiro atoms. The van der Waals surface area contributed by atoms with E-state index in [0.29, 0.717) is 93.7 Å². The molecule has 0 aliphatic carbocycles. The van der Waals surface area contributed by atoms with Crippen molar-refractivity contribution >= 4 is 120 Å². The topological polar surface area (TPSA) is 418 Å². The van der Waals surface area contributed by atoms with E-state index in [4.69, 9.17) is 49.2 Å². The summed E-state index contributed by atoms with van der Waals surface area (Å²) in [6, 6.07) is 58.9. The molecule has 13 aromatic heterocycles. The lowest BCUT2D eigenvalue weighted by Gasteiger charge is -2.35. The number of nitrogens with one attached hydrogen (secondary N) is 4. The number of amides is 1. The number of nitrogens with zero attached hydrogens (tertiary/aromatic N) is 26. The average molecular weight is 1930 g/mol. The molecule has 38 nitrogen and oxygen atoms in total. The largest absolute Gasteiger partial charge is 0.453 e. The van der Waals surface area contributed by atoms with Crippen LogP contribution in [0.2, 0.25) is 0 Å². The van der Waals surface area contributed by atoms with Crippen LogP contribution in [0.25, 0.3) is 67.4 Å². The molecule has 4 aliphatic rings. The van der Waals surface area contributed by atoms with E-state index in [-0.39, 0.29) is 23.6 Å². The highest BCUT2D eigenvalue weighted by molar-refractivity contribution is 5.83. The molecule has 4 saturated heterocycles. The summed E-state index contributed by atoms with van der Waals surface area (Å²) in [5, 5.41) is 61.4. The fraction of sp³-hybridized carbons (Fsp3) is 0.333. The third-order valence-corrected chi connectivity index (χ3v) is 25.1. The number of ether oxygens (including phenoxy) is 3. The van der Waals surface area contributed by atoms with Gasteiger partial charge in [-0.1, -0.05) is 51.1 Å². The van der Waals surface area contributed by atoms with Gasteiger partial charge in [0.2, 0.25) is 23.8 Å². The first-order valence-electron chi connectivity index (χ1n) is 48.0. The van der Waals surface area contributed by atoms with Crippen molar-refractivity contribution in [1.29, 1.82) is 0 Å². The maximum absolute atomic E-state index is 13.6. The number of hydrogen-bond donors (Lipinski definition) is 7. The Labute approximate surface area is 827 Å². The molecule has 4 aromatic carbocycles. The number of pyridine rings is 5. The van der Waals surface area contributed by atoms with Gasteiger partial charge in [-0.15, -0.1) is 0 Å². The Bertz CT molecular complexity index is 7190. The number of carbonyl (C=O) groups excluding carboxylic acids is 1. The molecule has 0 bridgehead atoms. The molecule has 7 N–H and O–H groups in total. The number of morpholine rings is 2. The predicted molar refractivity (Wildman–Crippen MR) is 553 cm³/mol. The molecule has 21 rings (SSSR count). The van der Waals surface area contributed by atoms with Crippen molar-refractivity contribution < 1.29 is 34.3 Å². The number of fused-ring (bicyclic) bond motifs is 4. The van der Waals surface area contributed by atoms with E-state index < -0.39 is 16.8 Å². The molecule has 17 aromatic rings. The number of piperidine rings is 1. The monoisotopic (exact) mass is 1930 g/mol. The summed E-state index contributed by atoms with van der Waals surface area (Å²) in [5.41, 5.74) is 12.9. The van der Waals surface area contributed by atoms with Crippen LogP contribution in [0.15, 0.2) is 224 Å². The number of hydrogen-bond acceptors (Lipinski definition) is 32. The molecule has 0 unspecified atom stereocenters. The molecular formula is C105H118N30O8. The van der Waals surface area contributed by atoms with Gasteiger partial charge in [-0.2, -0.15) is 49.3 Å². The van der Waals surface area contributed by atoms with Gasteiger partial charge in [0.15, 0.2) is 45.9 Å². The Kier molecular flexibility index (Phi) is 28.5. The highest BCUT2D eigenvalue weighted by Gasteiger charge is 2.29. The first-order chi connectivity index (χ1) is 68.9. The summed E-state index contributed by atoms with van der Waals surface area (Å²) in [6.45, 7) is 34.2. The zero-order valence-electron chi connectivity index (χ0n) is 82.5. The van der Waals surface area contributed by atoms with E-state index in [1.165, 1.54) is 43.9 Å². The minimum absolute atomic E-state index is 0.0525. The van der Waals surface area contributed by atoms with Gasteiger partial charge in [0.1, 0.15) is 22.2 Å². The lowest BCUT2D eigenvalue weighted by Crippen LogP contribution is -2.48. The fourth-order valence-electron chi connectivity index (χ4n) is 17.1. The normalized spacial score (nSPS) is 14.3. The Morgan fingerprint density at radius 1 is 0.371 bits per heavy atom. The van der Waals surface area contributed by atoms with E-state index in [9.17, 15) is 24.9 Å². The minimum Gasteiger partial charge on any atom is -0.453 e. The van der Waals surface area contributed by atoms with Crippen LogP contribution < -0.4 is 46.4 Å². The molecule has 4 fully saturated rings. The first-order valence-corrected chi connectivity index (χ1v) is 48.0. The molecule has 4 aliphatic heterocycles. The van der Waals surface area contributed by atoms with Crippen LogP contribution in [0.3, 0.4) is 0 Å². The number of carbonyl (C=O) groups is 1. The second-order valence-electron chi connectivity index (χ2n) is 38.1. The molecule has 17 heterocycles. The summed E-state index contributed by atoms with van der Waals surface area (Å²) < 4.78 is 24.1. The molecular weight excluding hydrogens is 1810 g/mol. The number of aliphatic hydroxyl groups is 3. The van der Waals surface area contributed by atoms with Crippen molar-refractivity contribution in [1.82, 2.24) is 108 Å². The average Bonchev–Trinajstić information content (AvgIpc) is 1.69. The molecule has 38 heteroatoms. The van der Waals surface area contributed by atoms with Crippen molar-refractivity contribution in [2.45, 2.75) is 131 Å². The lowest BCUT2D eigenvalue weighted by atomic mass is 9.92. The number of benzene rings is 4. The van der Waals surface area contributed by atoms with E-state index in [2.05, 4.69) is 167 Å². The van der Waals surface area contributed by atoms with Crippen LogP contribution in [-0.2, 0) is 43.0 Å². The van der Waals surface area contributed by atoms with Crippen molar-refractivity contribution in [3.8, 4) is 23.3 Å². The van der Waals surface area contributed by atoms with Gasteiger partial charge in [0, 0.05) is 159 Å². The van der Waals surface area contributed by atoms with Gasteiger partial charge in [0.05, 0.1) is 90.4 Å². The van der Waals surface area contributed by atoms with Crippen LogP contribution in [0.4, 0.5) is 74.1 Å². The van der Waals surface area contributed by atoms with Crippen molar-refractivity contribution in [2.24, 2.45) is 0 Å². The van der Waals surface area contributed by atoms with E-state index in [0.717, 1.165) is 169 Å². The molecule has 1 amide bonds. The number of aromatic nitrogens is 21. The van der Waals surface area contributed by atoms with Gasteiger partial charge in [-0.3, -0.25) is 9.78 Å². The Morgan fingerprint density at radius 2 is 0.706 bits per heavy atom. The van der Waals surface area contributed by atoms with Crippen LogP contribution >= 0.6 is 0 Å². The van der Waals surface area contributed by atoms with E-state index in [1.54, 1.807) is 125 Å². The van der Waals surface area contributed by atoms with Crippen LogP contribution in [0, 0.1) is 20.8 Å². The third-order valence-electron chi connectivity index (χ3n) is 25.1. The quantitative estimate of drug-likeness (QED) is 0.0351. The maximum Gasteiger partial charge on any atom is 0.409 e. The summed E-state index contributed by atoms with van der Waals surface area (Å²) >= 11 is 0. The zero-order chi connectivity index (χ0) is 99.9. The second-order valence-corrected chi connectivity index (χ2v) is 38.1. The molecule has 0 radical (unpaired) electrons. The standard InChI is InChI=1S/C29H30N8O3.C26H30N8O3.2C25H29N7O/c1-29(2,39)24-6-3-7-25(33-24)37-26-23(27(38)36(37)19-20-5-4-12-30-17-20)18-31-28(34-26)32-21-8-10-22(11-9-21)35-13-15-40-16-14-35;1-17-20-16-27-24(30-23(20)34(31-17)22-7-5-6-21(29-22)26(2,3)36)28-18-8-10-19(11-9-18)32-12-14-33(15-13-32)25(35)37-4;1-17-20-16-26-24(27-18-8-10-19(11-9-18)31-12-14-33-15-13-31)29-23(20)32(30-17)22-7-5-6-21(28-22)25(2,3)4;1-17-20-16-26-24(27-18-10-12-19(13-11-18)31-14-5-4-6-15-31)29-23(20)32(30-17)22-9-7-8-21(28-22)25(2,3)33/h3-12,17-18,39H,13-16,19H2,1-2H3,(H,31,32,34);5-11,16,36H,12-15H2,1-4H3,(H,27,28,30);5-11,16H,12-15H2,1-4H3,(H,26,27,29);7-13,16,33H,4-6,14-15H2,1-3H3,(H,26,27,29). The predicted octanol–water partition coefficient (Wildman–Crippen LogP) is 15.5. The molecule has 143 heavy (non-hydrogen) atoms. The van der Waals surface area contributed by atoms with Gasteiger partial charge in [-0.25, -0.2) is 54.0 Å². The summed E-state index contributed by atoms with van der Waals surface area (Å²) in [4.78, 5) is 96.2. The number of anilines is 12. The van der Waals surface area contributed by atoms with Crippen molar-refractivity contribution in [3.05, 3.63) is 275 Å². The van der Waals surface area contributed by atoms with Crippen LogP contribution in [0.1, 0.15) is 127 Å². The Balaban J connectivity index is 0.000000126. The molecule has 736 valence electrons. The smallest absolute Gasteiger partial charge is 0.409 e. The lowest BCUT2D eigenvalue weighted by molar-refractivity contribution is 0.0733. The molecule has 0 atom stereocenters. The Morgan fingerprint density at radius 3 is 1.06 bits per heavy atom. The number of methoxy groups -OCH3 is 1.